The molecule has 0 spiro atoms. The minimum Gasteiger partial charge on any atom is -0.497 e. The number of nitrogens with one attached hydrogen (secondary N) is 2. The van der Waals surface area contributed by atoms with Gasteiger partial charge >= 0.3 is 5.97 Å². The van der Waals surface area contributed by atoms with E-state index < -0.39 is 66.7 Å². The highest BCUT2D eigenvalue weighted by atomic mass is 19.3. The Morgan fingerprint density at radius 3 is 2.36 bits per heavy atom. The molecule has 0 radical (unpaired) electrons. The summed E-state index contributed by atoms with van der Waals surface area (Å²) in [7, 11) is 1.54. The standard InChI is InChI=1S/C39H42F2N4O8/c1-22(2)35(46)38(49)45-21-27(53-33-19-29(24-7-5-4-6-8-24)43-30-17-26(52-3)13-14-28(30)33)18-32(45)37(48)44-31(20-34(40)41)36(47)42-16-15-23-9-11-25(12-10-23)39(50)51/h4-14,17,19,22,27,31-32,34-35,46H,15-16,18,20-21H2,1-3H3,(H,42,47)(H,44,48)(H,50,51)/t27-,31?,32+,35+/m1/s1. The Bertz CT molecular complexity index is 1930. The second-order valence-electron chi connectivity index (χ2n) is 13.2. The summed E-state index contributed by atoms with van der Waals surface area (Å²) < 4.78 is 39.3. The molecule has 5 rings (SSSR count). The molecule has 1 unspecified atom stereocenters. The van der Waals surface area contributed by atoms with Crippen molar-refractivity contribution in [2.45, 2.75) is 63.8 Å². The fourth-order valence-electron chi connectivity index (χ4n) is 6.11. The van der Waals surface area contributed by atoms with E-state index in [0.29, 0.717) is 33.7 Å². The van der Waals surface area contributed by atoms with Crippen molar-refractivity contribution in [2.24, 2.45) is 5.92 Å². The first-order valence-electron chi connectivity index (χ1n) is 17.2. The van der Waals surface area contributed by atoms with E-state index in [1.54, 1.807) is 57.4 Å². The molecule has 0 bridgehead atoms. The number of pyridine rings is 1. The molecule has 1 saturated heterocycles. The summed E-state index contributed by atoms with van der Waals surface area (Å²) in [5, 5.41) is 25.4. The van der Waals surface area contributed by atoms with Crippen LogP contribution in [-0.4, -0.2) is 94.7 Å². The average Bonchev–Trinajstić information content (AvgIpc) is 3.57. The fourth-order valence-corrected chi connectivity index (χ4v) is 6.11. The van der Waals surface area contributed by atoms with Crippen molar-refractivity contribution in [2.75, 3.05) is 20.2 Å². The Hall–Kier alpha value is -5.63. The lowest BCUT2D eigenvalue weighted by Gasteiger charge is -2.28. The molecule has 4 aromatic rings. The van der Waals surface area contributed by atoms with E-state index in [1.165, 1.54) is 17.0 Å². The van der Waals surface area contributed by atoms with E-state index in [4.69, 9.17) is 19.6 Å². The number of carboxylic acid groups (broad SMARTS) is 1. The molecular weight excluding hydrogens is 690 g/mol. The highest BCUT2D eigenvalue weighted by molar-refractivity contribution is 5.94. The molecule has 0 saturated carbocycles. The molecule has 1 aromatic heterocycles. The van der Waals surface area contributed by atoms with E-state index >= 15 is 0 Å². The molecule has 2 heterocycles. The van der Waals surface area contributed by atoms with E-state index in [1.807, 2.05) is 30.3 Å². The van der Waals surface area contributed by atoms with Gasteiger partial charge in [-0.1, -0.05) is 56.3 Å². The SMILES string of the molecule is COc1ccc2c(O[C@@H]3C[C@@H](C(=O)NC(CC(F)F)C(=O)NCCc4ccc(C(=O)O)cc4)N(C(=O)[C@@H](O)C(C)C)C3)cc(-c3ccccc3)nc2c1. The maximum absolute atomic E-state index is 13.8. The maximum Gasteiger partial charge on any atom is 0.335 e. The summed E-state index contributed by atoms with van der Waals surface area (Å²) in [6, 6.07) is 19.6. The molecule has 3 amide bonds. The highest BCUT2D eigenvalue weighted by Crippen LogP contribution is 2.35. The van der Waals surface area contributed by atoms with Crippen LogP contribution in [0, 0.1) is 5.92 Å². The lowest BCUT2D eigenvalue weighted by atomic mass is 10.1. The first-order valence-corrected chi connectivity index (χ1v) is 17.2. The van der Waals surface area contributed by atoms with Crippen LogP contribution in [0.3, 0.4) is 0 Å². The van der Waals surface area contributed by atoms with Crippen LogP contribution in [0.5, 0.6) is 11.5 Å². The largest absolute Gasteiger partial charge is 0.497 e. The van der Waals surface area contributed by atoms with Gasteiger partial charge in [0.15, 0.2) is 0 Å². The Labute approximate surface area is 305 Å². The normalized spacial score (nSPS) is 16.7. The van der Waals surface area contributed by atoms with Crippen molar-refractivity contribution < 1.29 is 47.6 Å². The number of halogens is 2. The van der Waals surface area contributed by atoms with Crippen LogP contribution >= 0.6 is 0 Å². The summed E-state index contributed by atoms with van der Waals surface area (Å²) in [4.78, 5) is 57.5. The van der Waals surface area contributed by atoms with Crippen molar-refractivity contribution in [3.8, 4) is 22.8 Å². The molecule has 0 aliphatic carbocycles. The van der Waals surface area contributed by atoms with Gasteiger partial charge < -0.3 is 35.2 Å². The number of carboxylic acids is 1. The van der Waals surface area contributed by atoms with Crippen LogP contribution in [0.2, 0.25) is 0 Å². The van der Waals surface area contributed by atoms with Gasteiger partial charge in [0.25, 0.3) is 5.91 Å². The van der Waals surface area contributed by atoms with Crippen molar-refractivity contribution in [1.29, 1.82) is 0 Å². The molecule has 14 heteroatoms. The first-order chi connectivity index (χ1) is 25.3. The van der Waals surface area contributed by atoms with Crippen molar-refractivity contribution in [3.63, 3.8) is 0 Å². The fraction of sp³-hybridized carbons (Fsp3) is 0.359. The van der Waals surface area contributed by atoms with Crippen molar-refractivity contribution >= 4 is 34.6 Å². The Kier molecular flexibility index (Phi) is 12.6. The zero-order valence-corrected chi connectivity index (χ0v) is 29.5. The zero-order chi connectivity index (χ0) is 38.2. The van der Waals surface area contributed by atoms with Gasteiger partial charge in [0.1, 0.15) is 35.8 Å². The number of ether oxygens (including phenoxy) is 2. The molecule has 3 aromatic carbocycles. The summed E-state index contributed by atoms with van der Waals surface area (Å²) >= 11 is 0. The molecule has 4 atom stereocenters. The smallest absolute Gasteiger partial charge is 0.335 e. The Balaban J connectivity index is 1.36. The van der Waals surface area contributed by atoms with Crippen molar-refractivity contribution in [3.05, 3.63) is 90.0 Å². The number of nitrogens with zero attached hydrogens (tertiary/aromatic N) is 2. The number of likely N-dealkylation sites (tertiary alicyclic amines) is 1. The number of aliphatic hydroxyl groups is 1. The number of methoxy groups -OCH3 is 1. The van der Waals surface area contributed by atoms with Gasteiger partial charge in [-0.3, -0.25) is 14.4 Å². The molecule has 12 nitrogen and oxygen atoms in total. The Morgan fingerprint density at radius 2 is 1.72 bits per heavy atom. The number of aliphatic hydroxyl groups excluding tert-OH is 1. The number of carbonyl (C=O) groups excluding carboxylic acids is 3. The van der Waals surface area contributed by atoms with Crippen LogP contribution in [0.25, 0.3) is 22.2 Å². The second-order valence-corrected chi connectivity index (χ2v) is 13.2. The average molecular weight is 733 g/mol. The molecule has 1 fully saturated rings. The second kappa shape index (κ2) is 17.3. The Morgan fingerprint density at radius 1 is 1.00 bits per heavy atom. The number of hydrogen-bond donors (Lipinski definition) is 4. The van der Waals surface area contributed by atoms with E-state index in [9.17, 15) is 33.1 Å². The van der Waals surface area contributed by atoms with Gasteiger partial charge in [-0.05, 0) is 42.2 Å². The van der Waals surface area contributed by atoms with Crippen LogP contribution in [0.15, 0.2) is 78.9 Å². The van der Waals surface area contributed by atoms with E-state index in [-0.39, 0.29) is 31.5 Å². The monoisotopic (exact) mass is 732 g/mol. The van der Waals surface area contributed by atoms with Gasteiger partial charge in [-0.15, -0.1) is 0 Å². The summed E-state index contributed by atoms with van der Waals surface area (Å²) in [5.41, 5.74) is 2.81. The molecule has 1 aliphatic rings. The first kappa shape index (κ1) is 38.6. The number of benzene rings is 3. The van der Waals surface area contributed by atoms with Gasteiger partial charge in [-0.25, -0.2) is 18.6 Å². The highest BCUT2D eigenvalue weighted by Gasteiger charge is 2.44. The summed E-state index contributed by atoms with van der Waals surface area (Å²) in [5.74, 6) is -3.00. The molecule has 53 heavy (non-hydrogen) atoms. The molecular formula is C39H42F2N4O8. The predicted molar refractivity (Wildman–Crippen MR) is 192 cm³/mol. The lowest BCUT2D eigenvalue weighted by Crippen LogP contribution is -2.55. The zero-order valence-electron chi connectivity index (χ0n) is 29.5. The minimum absolute atomic E-state index is 0.0299. The van der Waals surface area contributed by atoms with E-state index in [2.05, 4.69) is 10.6 Å². The third-order valence-electron chi connectivity index (χ3n) is 9.04. The third kappa shape index (κ3) is 9.63. The number of rotatable bonds is 15. The van der Waals surface area contributed by atoms with Crippen LogP contribution < -0.4 is 20.1 Å². The summed E-state index contributed by atoms with van der Waals surface area (Å²) in [6.07, 6.45) is -5.91. The molecule has 280 valence electrons. The number of amides is 3. The number of fused-ring (bicyclic) bond motifs is 1. The van der Waals surface area contributed by atoms with Crippen LogP contribution in [0.1, 0.15) is 42.6 Å². The molecule has 4 N–H and O–H groups in total. The summed E-state index contributed by atoms with van der Waals surface area (Å²) in [6.45, 7) is 3.22. The van der Waals surface area contributed by atoms with Gasteiger partial charge in [0.2, 0.25) is 18.2 Å². The topological polar surface area (TPSA) is 167 Å². The van der Waals surface area contributed by atoms with Crippen LogP contribution in [-0.2, 0) is 20.8 Å². The minimum atomic E-state index is -2.94. The quantitative estimate of drug-likeness (QED) is 0.138. The molecule has 1 aliphatic heterocycles. The predicted octanol–water partition coefficient (Wildman–Crippen LogP) is 4.47. The van der Waals surface area contributed by atoms with Crippen molar-refractivity contribution in [1.82, 2.24) is 20.5 Å². The third-order valence-corrected chi connectivity index (χ3v) is 9.04. The lowest BCUT2D eigenvalue weighted by molar-refractivity contribution is -0.147. The van der Waals surface area contributed by atoms with Gasteiger partial charge in [0, 0.05) is 42.5 Å². The van der Waals surface area contributed by atoms with E-state index in [0.717, 1.165) is 5.56 Å². The number of alkyl halides is 2. The number of aromatic nitrogens is 1. The van der Waals surface area contributed by atoms with Gasteiger partial charge in [0.05, 0.1) is 30.4 Å². The maximum atomic E-state index is 13.8. The number of carbonyl (C=O) groups is 4. The number of hydrogen-bond acceptors (Lipinski definition) is 8. The number of aromatic carboxylic acids is 1. The van der Waals surface area contributed by atoms with Crippen LogP contribution in [0.4, 0.5) is 8.78 Å². The van der Waals surface area contributed by atoms with Gasteiger partial charge in [-0.2, -0.15) is 0 Å².